The van der Waals surface area contributed by atoms with Gasteiger partial charge in [-0.1, -0.05) is 45.0 Å². The molecule has 8 nitrogen and oxygen atoms in total. The summed E-state index contributed by atoms with van der Waals surface area (Å²) in [6.45, 7) is 8.83. The number of imide groups is 1. The third-order valence-electron chi connectivity index (χ3n) is 6.80. The van der Waals surface area contributed by atoms with Crippen molar-refractivity contribution in [2.45, 2.75) is 51.3 Å². The maximum atomic E-state index is 13.5. The van der Waals surface area contributed by atoms with Crippen LogP contribution in [0.3, 0.4) is 0 Å². The van der Waals surface area contributed by atoms with E-state index >= 15 is 0 Å². The maximum absolute atomic E-state index is 13.5. The highest BCUT2D eigenvalue weighted by Crippen LogP contribution is 2.40. The molecule has 2 heterocycles. The molecule has 2 aliphatic heterocycles. The molecule has 182 valence electrons. The van der Waals surface area contributed by atoms with Crippen LogP contribution in [0, 0.1) is 0 Å². The van der Waals surface area contributed by atoms with Gasteiger partial charge in [0.25, 0.3) is 5.91 Å². The molecule has 2 aromatic rings. The minimum absolute atomic E-state index is 0.0104. The first-order valence-electron chi connectivity index (χ1n) is 11.4. The van der Waals surface area contributed by atoms with E-state index in [1.54, 1.807) is 33.3 Å². The van der Waals surface area contributed by atoms with Crippen molar-refractivity contribution in [3.63, 3.8) is 0 Å². The molecule has 2 aromatic carbocycles. The highest BCUT2D eigenvalue weighted by atomic mass is 16.5. The molecule has 0 aromatic heterocycles. The predicted molar refractivity (Wildman–Crippen MR) is 128 cm³/mol. The van der Waals surface area contributed by atoms with Gasteiger partial charge in [-0.05, 0) is 35.6 Å². The summed E-state index contributed by atoms with van der Waals surface area (Å²) in [6, 6.07) is 10.9. The maximum Gasteiger partial charge on any atom is 0.326 e. The first kappa shape index (κ1) is 24.0. The average Bonchev–Trinajstić information content (AvgIpc) is 3.01. The summed E-state index contributed by atoms with van der Waals surface area (Å²) in [5.41, 5.74) is 2.19. The van der Waals surface area contributed by atoms with E-state index in [1.165, 1.54) is 4.90 Å². The van der Waals surface area contributed by atoms with Crippen LogP contribution in [0.4, 0.5) is 4.79 Å². The summed E-state index contributed by atoms with van der Waals surface area (Å²) in [4.78, 5) is 29.4. The lowest BCUT2D eigenvalue weighted by Crippen LogP contribution is -2.46. The topological polar surface area (TPSA) is 91.3 Å². The van der Waals surface area contributed by atoms with Gasteiger partial charge < -0.3 is 19.9 Å². The number of nitrogens with one attached hydrogen (secondary N) is 1. The number of fused-ring (bicyclic) bond motifs is 1. The van der Waals surface area contributed by atoms with E-state index in [0.717, 1.165) is 16.7 Å². The van der Waals surface area contributed by atoms with Gasteiger partial charge in [-0.15, -0.1) is 0 Å². The Kier molecular flexibility index (Phi) is 6.08. The van der Waals surface area contributed by atoms with Crippen molar-refractivity contribution >= 4 is 11.9 Å². The fourth-order valence-electron chi connectivity index (χ4n) is 4.78. The van der Waals surface area contributed by atoms with Crippen LogP contribution in [0.2, 0.25) is 0 Å². The molecule has 0 saturated carbocycles. The summed E-state index contributed by atoms with van der Waals surface area (Å²) in [5.74, 6) is 0.892. The zero-order valence-electron chi connectivity index (χ0n) is 20.6. The van der Waals surface area contributed by atoms with Crippen molar-refractivity contribution in [1.82, 2.24) is 15.1 Å². The number of methoxy groups -OCH3 is 2. The van der Waals surface area contributed by atoms with E-state index in [1.807, 2.05) is 29.2 Å². The Morgan fingerprint density at radius 2 is 1.68 bits per heavy atom. The summed E-state index contributed by atoms with van der Waals surface area (Å²) in [5, 5.41) is 13.7. The van der Waals surface area contributed by atoms with Crippen LogP contribution < -0.4 is 14.8 Å². The fourth-order valence-corrected chi connectivity index (χ4v) is 4.78. The van der Waals surface area contributed by atoms with Gasteiger partial charge in [-0.2, -0.15) is 0 Å². The summed E-state index contributed by atoms with van der Waals surface area (Å²) in [7, 11) is 3.13. The van der Waals surface area contributed by atoms with E-state index in [2.05, 4.69) is 26.1 Å². The van der Waals surface area contributed by atoms with Crippen molar-refractivity contribution < 1.29 is 24.2 Å². The molecule has 0 aliphatic carbocycles. The molecular formula is C26H33N3O5. The quantitative estimate of drug-likeness (QED) is 0.656. The molecule has 2 N–H and O–H groups in total. The zero-order valence-corrected chi connectivity index (χ0v) is 20.6. The van der Waals surface area contributed by atoms with Crippen LogP contribution in [0.25, 0.3) is 0 Å². The third kappa shape index (κ3) is 4.01. The van der Waals surface area contributed by atoms with E-state index in [9.17, 15) is 14.7 Å². The van der Waals surface area contributed by atoms with Gasteiger partial charge in [0.1, 0.15) is 17.0 Å². The molecule has 8 heteroatoms. The van der Waals surface area contributed by atoms with Crippen molar-refractivity contribution in [2.24, 2.45) is 0 Å². The Morgan fingerprint density at radius 1 is 1.06 bits per heavy atom. The van der Waals surface area contributed by atoms with Gasteiger partial charge in [0.15, 0.2) is 0 Å². The second-order valence-electron chi connectivity index (χ2n) is 10.1. The van der Waals surface area contributed by atoms with Crippen LogP contribution in [0.5, 0.6) is 11.5 Å². The van der Waals surface area contributed by atoms with Crippen LogP contribution >= 0.6 is 0 Å². The van der Waals surface area contributed by atoms with Crippen molar-refractivity contribution in [2.75, 3.05) is 27.4 Å². The lowest BCUT2D eigenvalue weighted by Gasteiger charge is -2.35. The second kappa shape index (κ2) is 8.60. The highest BCUT2D eigenvalue weighted by molar-refractivity contribution is 6.07. The third-order valence-corrected chi connectivity index (χ3v) is 6.80. The number of aliphatic hydroxyl groups is 1. The number of β-amino-alcohol motifs (C(OH)–C–C–N with tert-alkyl or cyclic N) is 1. The van der Waals surface area contributed by atoms with Gasteiger partial charge in [0.2, 0.25) is 0 Å². The standard InChI is InChI=1S/C26H33N3O5/c1-25(2,3)16-7-9-17(10-8-16)26(4)23(31)29(24(32)27-26)15-28-13-18-20(33-5)11-12-21(34-6)22(18)19(30)14-28/h7-12,19,30H,13-15H2,1-6H3,(H,27,32). The molecule has 0 bridgehead atoms. The number of benzene rings is 2. The monoisotopic (exact) mass is 467 g/mol. The molecule has 2 unspecified atom stereocenters. The molecule has 4 rings (SSSR count). The van der Waals surface area contributed by atoms with Gasteiger partial charge in [0.05, 0.1) is 27.0 Å². The van der Waals surface area contributed by atoms with Crippen LogP contribution in [-0.2, 0) is 22.3 Å². The summed E-state index contributed by atoms with van der Waals surface area (Å²) >= 11 is 0. The van der Waals surface area contributed by atoms with E-state index in [4.69, 9.17) is 9.47 Å². The Morgan fingerprint density at radius 3 is 2.26 bits per heavy atom. The molecule has 3 amide bonds. The van der Waals surface area contributed by atoms with E-state index in [0.29, 0.717) is 23.6 Å². The number of hydrogen-bond donors (Lipinski definition) is 2. The van der Waals surface area contributed by atoms with Crippen molar-refractivity contribution in [1.29, 1.82) is 0 Å². The van der Waals surface area contributed by atoms with Crippen LogP contribution in [0.1, 0.15) is 56.1 Å². The number of amides is 3. The molecule has 1 saturated heterocycles. The van der Waals surface area contributed by atoms with E-state index < -0.39 is 17.7 Å². The van der Waals surface area contributed by atoms with Gasteiger partial charge >= 0.3 is 6.03 Å². The van der Waals surface area contributed by atoms with Gasteiger partial charge in [-0.25, -0.2) is 9.69 Å². The number of urea groups is 1. The minimum Gasteiger partial charge on any atom is -0.496 e. The Balaban J connectivity index is 1.57. The number of aliphatic hydroxyl groups excluding tert-OH is 1. The van der Waals surface area contributed by atoms with E-state index in [-0.39, 0.29) is 24.5 Å². The molecule has 34 heavy (non-hydrogen) atoms. The van der Waals surface area contributed by atoms with Gasteiger partial charge in [0, 0.05) is 24.2 Å². The molecule has 0 spiro atoms. The number of ether oxygens (including phenoxy) is 2. The second-order valence-corrected chi connectivity index (χ2v) is 10.1. The fraction of sp³-hybridized carbons (Fsp3) is 0.462. The number of hydrogen-bond acceptors (Lipinski definition) is 6. The molecule has 2 aliphatic rings. The lowest BCUT2D eigenvalue weighted by atomic mass is 9.84. The van der Waals surface area contributed by atoms with Crippen LogP contribution in [-0.4, -0.2) is 54.3 Å². The van der Waals surface area contributed by atoms with Crippen molar-refractivity contribution in [3.8, 4) is 11.5 Å². The predicted octanol–water partition coefficient (Wildman–Crippen LogP) is 3.28. The molecular weight excluding hydrogens is 434 g/mol. The lowest BCUT2D eigenvalue weighted by molar-refractivity contribution is -0.133. The smallest absolute Gasteiger partial charge is 0.326 e. The summed E-state index contributed by atoms with van der Waals surface area (Å²) in [6.07, 6.45) is -0.842. The number of carbonyl (C=O) groups excluding carboxylic acids is 2. The Bertz CT molecular complexity index is 1110. The SMILES string of the molecule is COc1ccc(OC)c2c1CN(CN1C(=O)NC(C)(c3ccc(C(C)(C)C)cc3)C1=O)CC2O. The van der Waals surface area contributed by atoms with Crippen molar-refractivity contribution in [3.05, 3.63) is 58.7 Å². The minimum atomic E-state index is -1.15. The Hall–Kier alpha value is -3.10. The number of nitrogens with zero attached hydrogens (tertiary/aromatic N) is 2. The first-order valence-corrected chi connectivity index (χ1v) is 11.4. The Labute approximate surface area is 200 Å². The first-order chi connectivity index (χ1) is 16.0. The average molecular weight is 468 g/mol. The largest absolute Gasteiger partial charge is 0.496 e. The molecule has 1 fully saturated rings. The zero-order chi connectivity index (χ0) is 24.8. The normalized spacial score (nSPS) is 23.0. The highest BCUT2D eigenvalue weighted by Gasteiger charge is 2.49. The molecule has 2 atom stereocenters. The van der Waals surface area contributed by atoms with Crippen LogP contribution in [0.15, 0.2) is 36.4 Å². The number of rotatable bonds is 5. The summed E-state index contributed by atoms with van der Waals surface area (Å²) < 4.78 is 10.9. The number of carbonyl (C=O) groups is 2. The molecule has 0 radical (unpaired) electrons. The van der Waals surface area contributed by atoms with Gasteiger partial charge in [-0.3, -0.25) is 9.69 Å².